The summed E-state index contributed by atoms with van der Waals surface area (Å²) in [6.45, 7) is 1.03. The molecule has 146 valence electrons. The molecular formula is C23H21ClN4O. The van der Waals surface area contributed by atoms with Crippen LogP contribution in [0.2, 0.25) is 5.02 Å². The van der Waals surface area contributed by atoms with E-state index in [0.717, 1.165) is 33.0 Å². The van der Waals surface area contributed by atoms with Crippen molar-refractivity contribution in [3.05, 3.63) is 95.0 Å². The maximum absolute atomic E-state index is 12.4. The zero-order chi connectivity index (χ0) is 20.1. The molecule has 0 saturated heterocycles. The number of fused-ring (bicyclic) bond motifs is 1. The Bertz CT molecular complexity index is 1120. The van der Waals surface area contributed by atoms with E-state index in [1.165, 1.54) is 0 Å². The summed E-state index contributed by atoms with van der Waals surface area (Å²) >= 11 is 6.35. The molecule has 4 aromatic rings. The molecule has 0 spiro atoms. The van der Waals surface area contributed by atoms with Crippen molar-refractivity contribution in [3.8, 4) is 0 Å². The Morgan fingerprint density at radius 2 is 1.86 bits per heavy atom. The zero-order valence-electron chi connectivity index (χ0n) is 15.9. The number of halogens is 1. The van der Waals surface area contributed by atoms with Gasteiger partial charge in [-0.15, -0.1) is 0 Å². The summed E-state index contributed by atoms with van der Waals surface area (Å²) in [5, 5.41) is 3.68. The molecule has 0 saturated carbocycles. The second kappa shape index (κ2) is 8.88. The third kappa shape index (κ3) is 4.63. The van der Waals surface area contributed by atoms with E-state index in [-0.39, 0.29) is 5.91 Å². The van der Waals surface area contributed by atoms with Crippen LogP contribution in [-0.4, -0.2) is 20.4 Å². The molecule has 1 amide bonds. The predicted octanol–water partition coefficient (Wildman–Crippen LogP) is 4.38. The van der Waals surface area contributed by atoms with Crippen molar-refractivity contribution in [2.45, 2.75) is 25.9 Å². The molecule has 0 atom stereocenters. The Morgan fingerprint density at radius 1 is 1.03 bits per heavy atom. The van der Waals surface area contributed by atoms with Gasteiger partial charge in [0.05, 0.1) is 11.0 Å². The fourth-order valence-corrected chi connectivity index (χ4v) is 3.53. The van der Waals surface area contributed by atoms with Crippen molar-refractivity contribution in [3.63, 3.8) is 0 Å². The Morgan fingerprint density at radius 3 is 2.69 bits per heavy atom. The highest BCUT2D eigenvalue weighted by molar-refractivity contribution is 6.31. The van der Waals surface area contributed by atoms with Gasteiger partial charge in [-0.2, -0.15) is 0 Å². The van der Waals surface area contributed by atoms with Crippen molar-refractivity contribution in [2.24, 2.45) is 0 Å². The van der Waals surface area contributed by atoms with E-state index in [4.69, 9.17) is 16.6 Å². The van der Waals surface area contributed by atoms with Crippen molar-refractivity contribution in [1.29, 1.82) is 0 Å². The highest BCUT2D eigenvalue weighted by Gasteiger charge is 2.13. The van der Waals surface area contributed by atoms with Gasteiger partial charge in [0.15, 0.2) is 0 Å². The zero-order valence-corrected chi connectivity index (χ0v) is 16.6. The first-order valence-electron chi connectivity index (χ1n) is 9.54. The summed E-state index contributed by atoms with van der Waals surface area (Å²) in [7, 11) is 0. The Hall–Kier alpha value is -3.18. The topological polar surface area (TPSA) is 59.8 Å². The molecule has 2 heterocycles. The van der Waals surface area contributed by atoms with Crippen LogP contribution in [0, 0.1) is 0 Å². The maximum Gasteiger partial charge on any atom is 0.222 e. The van der Waals surface area contributed by atoms with Gasteiger partial charge in [-0.3, -0.25) is 9.78 Å². The molecule has 0 bridgehead atoms. The van der Waals surface area contributed by atoms with E-state index in [1.54, 1.807) is 12.4 Å². The summed E-state index contributed by atoms with van der Waals surface area (Å²) in [6, 6.07) is 19.6. The van der Waals surface area contributed by atoms with Crippen LogP contribution >= 0.6 is 11.6 Å². The molecule has 2 aromatic carbocycles. The average Bonchev–Trinajstić information content (AvgIpc) is 3.10. The van der Waals surface area contributed by atoms with Crippen LogP contribution < -0.4 is 5.32 Å². The summed E-state index contributed by atoms with van der Waals surface area (Å²) in [5.74, 6) is 0.898. The van der Waals surface area contributed by atoms with E-state index in [0.29, 0.717) is 25.9 Å². The highest BCUT2D eigenvalue weighted by atomic mass is 35.5. The second-order valence-corrected chi connectivity index (χ2v) is 7.23. The summed E-state index contributed by atoms with van der Waals surface area (Å²) in [5.41, 5.74) is 3.94. The van der Waals surface area contributed by atoms with E-state index in [9.17, 15) is 4.79 Å². The largest absolute Gasteiger partial charge is 0.352 e. The fourth-order valence-electron chi connectivity index (χ4n) is 3.33. The van der Waals surface area contributed by atoms with E-state index >= 15 is 0 Å². The Kier molecular flexibility index (Phi) is 5.86. The SMILES string of the molecule is O=C(CCn1c(Cc2ccccc2Cl)nc2ccccc21)NCc1cccnc1. The molecule has 4 rings (SSSR count). The molecule has 2 aromatic heterocycles. The van der Waals surface area contributed by atoms with Crippen LogP contribution in [0.1, 0.15) is 23.4 Å². The molecule has 0 unspecified atom stereocenters. The molecule has 0 aliphatic heterocycles. The fraction of sp³-hybridized carbons (Fsp3) is 0.174. The highest BCUT2D eigenvalue weighted by Crippen LogP contribution is 2.22. The minimum absolute atomic E-state index is 0.00433. The second-order valence-electron chi connectivity index (χ2n) is 6.82. The summed E-state index contributed by atoms with van der Waals surface area (Å²) < 4.78 is 2.11. The third-order valence-corrected chi connectivity index (χ3v) is 5.18. The number of carbonyl (C=O) groups is 1. The lowest BCUT2D eigenvalue weighted by atomic mass is 10.1. The molecule has 6 heteroatoms. The number of nitrogens with zero attached hydrogens (tertiary/aromatic N) is 3. The number of hydrogen-bond donors (Lipinski definition) is 1. The van der Waals surface area contributed by atoms with Gasteiger partial charge in [0, 0.05) is 43.3 Å². The quantitative estimate of drug-likeness (QED) is 0.497. The number of para-hydroxylation sites is 2. The van der Waals surface area contributed by atoms with Crippen LogP contribution in [-0.2, 0) is 24.3 Å². The van der Waals surface area contributed by atoms with Gasteiger partial charge in [0.2, 0.25) is 5.91 Å². The van der Waals surface area contributed by atoms with Crippen molar-refractivity contribution < 1.29 is 4.79 Å². The van der Waals surface area contributed by atoms with Crippen LogP contribution in [0.3, 0.4) is 0 Å². The molecule has 29 heavy (non-hydrogen) atoms. The van der Waals surface area contributed by atoms with Gasteiger partial charge >= 0.3 is 0 Å². The lowest BCUT2D eigenvalue weighted by Gasteiger charge is -2.11. The lowest BCUT2D eigenvalue weighted by Crippen LogP contribution is -2.24. The Balaban J connectivity index is 1.50. The number of pyridine rings is 1. The van der Waals surface area contributed by atoms with Crippen molar-refractivity contribution >= 4 is 28.5 Å². The van der Waals surface area contributed by atoms with Crippen molar-refractivity contribution in [2.75, 3.05) is 0 Å². The molecule has 5 nitrogen and oxygen atoms in total. The minimum Gasteiger partial charge on any atom is -0.352 e. The monoisotopic (exact) mass is 404 g/mol. The average molecular weight is 405 g/mol. The first-order valence-corrected chi connectivity index (χ1v) is 9.91. The van der Waals surface area contributed by atoms with Gasteiger partial charge in [0.1, 0.15) is 5.82 Å². The number of aromatic nitrogens is 3. The van der Waals surface area contributed by atoms with Gasteiger partial charge in [-0.05, 0) is 35.4 Å². The van der Waals surface area contributed by atoms with Gasteiger partial charge < -0.3 is 9.88 Å². The maximum atomic E-state index is 12.4. The first-order chi connectivity index (χ1) is 14.2. The van der Waals surface area contributed by atoms with Crippen LogP contribution in [0.25, 0.3) is 11.0 Å². The number of amides is 1. The van der Waals surface area contributed by atoms with Crippen LogP contribution in [0.5, 0.6) is 0 Å². The Labute approximate surface area is 174 Å². The molecule has 0 radical (unpaired) electrons. The van der Waals surface area contributed by atoms with Crippen molar-refractivity contribution in [1.82, 2.24) is 19.9 Å². The summed E-state index contributed by atoms with van der Waals surface area (Å²) in [4.78, 5) is 21.2. The predicted molar refractivity (Wildman–Crippen MR) is 115 cm³/mol. The molecule has 1 N–H and O–H groups in total. The van der Waals surface area contributed by atoms with E-state index in [2.05, 4.69) is 14.9 Å². The third-order valence-electron chi connectivity index (χ3n) is 4.81. The number of imidazole rings is 1. The minimum atomic E-state index is -0.00433. The first kappa shape index (κ1) is 19.2. The van der Waals surface area contributed by atoms with E-state index < -0.39 is 0 Å². The normalized spacial score (nSPS) is 10.9. The van der Waals surface area contributed by atoms with Crippen LogP contribution in [0.15, 0.2) is 73.1 Å². The van der Waals surface area contributed by atoms with Crippen LogP contribution in [0.4, 0.5) is 0 Å². The smallest absolute Gasteiger partial charge is 0.222 e. The number of nitrogens with one attached hydrogen (secondary N) is 1. The number of carbonyl (C=O) groups excluding carboxylic acids is 1. The number of rotatable bonds is 7. The van der Waals surface area contributed by atoms with Gasteiger partial charge in [0.25, 0.3) is 0 Å². The standard InChI is InChI=1S/C23H21ClN4O/c24-19-8-2-1-7-18(19)14-22-27-20-9-3-4-10-21(20)28(22)13-11-23(29)26-16-17-6-5-12-25-15-17/h1-10,12,15H,11,13-14,16H2,(H,26,29). The number of hydrogen-bond acceptors (Lipinski definition) is 3. The van der Waals surface area contributed by atoms with Gasteiger partial charge in [-0.1, -0.05) is 48.0 Å². The number of benzene rings is 2. The summed E-state index contributed by atoms with van der Waals surface area (Å²) in [6.07, 6.45) is 4.46. The molecule has 0 aliphatic carbocycles. The molecule has 0 fully saturated rings. The lowest BCUT2D eigenvalue weighted by molar-refractivity contribution is -0.121. The molecule has 0 aliphatic rings. The number of aryl methyl sites for hydroxylation is 1. The van der Waals surface area contributed by atoms with E-state index in [1.807, 2.05) is 60.7 Å². The van der Waals surface area contributed by atoms with Gasteiger partial charge in [-0.25, -0.2) is 4.98 Å². The molecular weight excluding hydrogens is 384 g/mol.